The molecule has 1 aromatic heterocycles. The van der Waals surface area contributed by atoms with E-state index in [9.17, 15) is 14.4 Å². The van der Waals surface area contributed by atoms with E-state index in [1.807, 2.05) is 18.2 Å². The van der Waals surface area contributed by atoms with Gasteiger partial charge in [0.15, 0.2) is 12.3 Å². The van der Waals surface area contributed by atoms with E-state index in [4.69, 9.17) is 4.74 Å². The fourth-order valence-electron chi connectivity index (χ4n) is 1.98. The summed E-state index contributed by atoms with van der Waals surface area (Å²) >= 11 is 0. The Balaban J connectivity index is 1.93. The zero-order valence-corrected chi connectivity index (χ0v) is 15.1. The molecule has 0 saturated carbocycles. The Hall–Kier alpha value is -3.23. The molecule has 2 N–H and O–H groups in total. The zero-order chi connectivity index (χ0) is 19.3. The van der Waals surface area contributed by atoms with Crippen molar-refractivity contribution in [2.45, 2.75) is 33.2 Å². The summed E-state index contributed by atoms with van der Waals surface area (Å²) in [5.41, 5.74) is 0.561. The van der Waals surface area contributed by atoms with Gasteiger partial charge in [-0.25, -0.2) is 9.59 Å². The van der Waals surface area contributed by atoms with Gasteiger partial charge in [0.05, 0.1) is 11.4 Å². The van der Waals surface area contributed by atoms with Crippen LogP contribution in [0.5, 0.6) is 0 Å². The lowest BCUT2D eigenvalue weighted by Crippen LogP contribution is -2.49. The lowest BCUT2D eigenvalue weighted by atomic mass is 10.1. The Morgan fingerprint density at radius 1 is 1.12 bits per heavy atom. The molecule has 0 saturated heterocycles. The van der Waals surface area contributed by atoms with Crippen molar-refractivity contribution >= 4 is 17.9 Å². The Bertz CT molecular complexity index is 808. The third-order valence-electron chi connectivity index (χ3n) is 3.04. The largest absolute Gasteiger partial charge is 0.451 e. The van der Waals surface area contributed by atoms with Gasteiger partial charge in [-0.1, -0.05) is 18.2 Å². The van der Waals surface area contributed by atoms with E-state index in [2.05, 4.69) is 20.8 Å². The number of nitrogens with zero attached hydrogens (tertiary/aromatic N) is 3. The van der Waals surface area contributed by atoms with Crippen LogP contribution in [-0.2, 0) is 9.53 Å². The van der Waals surface area contributed by atoms with Crippen LogP contribution in [0.4, 0.5) is 4.79 Å². The van der Waals surface area contributed by atoms with Crippen molar-refractivity contribution in [2.75, 3.05) is 6.61 Å². The van der Waals surface area contributed by atoms with E-state index in [-0.39, 0.29) is 5.69 Å². The second-order valence-corrected chi connectivity index (χ2v) is 6.59. The van der Waals surface area contributed by atoms with Crippen molar-refractivity contribution in [2.24, 2.45) is 0 Å². The molecule has 0 unspecified atom stereocenters. The van der Waals surface area contributed by atoms with Gasteiger partial charge in [0.25, 0.3) is 5.91 Å². The van der Waals surface area contributed by atoms with Crippen LogP contribution < -0.4 is 10.6 Å². The average molecular weight is 359 g/mol. The molecule has 0 spiro atoms. The first-order valence-corrected chi connectivity index (χ1v) is 7.94. The summed E-state index contributed by atoms with van der Waals surface area (Å²) in [7, 11) is 0. The van der Waals surface area contributed by atoms with E-state index >= 15 is 0 Å². The first kappa shape index (κ1) is 19.1. The molecule has 1 heterocycles. The number of carbonyl (C=O) groups is 3. The Kier molecular flexibility index (Phi) is 5.71. The van der Waals surface area contributed by atoms with Crippen LogP contribution in [0.1, 0.15) is 37.0 Å². The predicted octanol–water partition coefficient (Wildman–Crippen LogP) is 1.36. The summed E-state index contributed by atoms with van der Waals surface area (Å²) in [6, 6.07) is 8.40. The highest BCUT2D eigenvalue weighted by Gasteiger charge is 2.20. The average Bonchev–Trinajstić information content (AvgIpc) is 2.93. The molecule has 0 radical (unpaired) electrons. The lowest BCUT2D eigenvalue weighted by molar-refractivity contribution is -0.123. The molecule has 9 nitrogen and oxygen atoms in total. The number of hydrogen-bond donors (Lipinski definition) is 2. The van der Waals surface area contributed by atoms with E-state index in [0.29, 0.717) is 11.4 Å². The van der Waals surface area contributed by atoms with Crippen LogP contribution >= 0.6 is 0 Å². The second kappa shape index (κ2) is 7.77. The summed E-state index contributed by atoms with van der Waals surface area (Å²) in [6.45, 7) is 6.33. The summed E-state index contributed by atoms with van der Waals surface area (Å²) in [6.07, 6.45) is 0. The molecule has 138 valence electrons. The van der Waals surface area contributed by atoms with Crippen LogP contribution in [-0.4, -0.2) is 45.0 Å². The monoisotopic (exact) mass is 359 g/mol. The lowest BCUT2D eigenvalue weighted by Gasteiger charge is -2.20. The Morgan fingerprint density at radius 3 is 2.38 bits per heavy atom. The van der Waals surface area contributed by atoms with Crippen molar-refractivity contribution in [1.29, 1.82) is 0 Å². The molecular formula is C17H21N5O4. The van der Waals surface area contributed by atoms with Crippen molar-refractivity contribution in [3.8, 4) is 5.69 Å². The summed E-state index contributed by atoms with van der Waals surface area (Å²) in [5, 5.41) is 12.9. The third-order valence-corrected chi connectivity index (χ3v) is 3.04. The van der Waals surface area contributed by atoms with Gasteiger partial charge in [-0.2, -0.15) is 9.90 Å². The minimum atomic E-state index is -0.795. The number of urea groups is 1. The number of rotatable bonds is 4. The molecule has 0 aliphatic heterocycles. The van der Waals surface area contributed by atoms with Gasteiger partial charge < -0.3 is 10.1 Å². The van der Waals surface area contributed by atoms with Gasteiger partial charge >= 0.3 is 12.0 Å². The smallest absolute Gasteiger partial charge is 0.361 e. The molecule has 0 aliphatic rings. The number of imide groups is 1. The molecule has 0 atom stereocenters. The fourth-order valence-corrected chi connectivity index (χ4v) is 1.98. The molecule has 0 aliphatic carbocycles. The molecular weight excluding hydrogens is 338 g/mol. The number of aromatic nitrogens is 3. The normalized spacial score (nSPS) is 10.9. The maximum Gasteiger partial charge on any atom is 0.361 e. The highest BCUT2D eigenvalue weighted by Crippen LogP contribution is 2.09. The number of aryl methyl sites for hydroxylation is 1. The highest BCUT2D eigenvalue weighted by atomic mass is 16.5. The number of amides is 3. The van der Waals surface area contributed by atoms with Crippen LogP contribution in [0.15, 0.2) is 30.3 Å². The maximum absolute atomic E-state index is 12.1. The zero-order valence-electron chi connectivity index (χ0n) is 15.1. The molecule has 0 fully saturated rings. The van der Waals surface area contributed by atoms with Crippen molar-refractivity contribution in [3.63, 3.8) is 0 Å². The number of benzene rings is 1. The molecule has 1 aromatic carbocycles. The molecule has 2 rings (SSSR count). The SMILES string of the molecule is Cc1nn(-c2ccccc2)nc1C(=O)OCC(=O)NC(=O)NC(C)(C)C. The predicted molar refractivity (Wildman–Crippen MR) is 92.8 cm³/mol. The van der Waals surface area contributed by atoms with Gasteiger partial charge in [0.1, 0.15) is 0 Å². The third kappa shape index (κ3) is 5.40. The molecule has 2 aromatic rings. The van der Waals surface area contributed by atoms with Crippen LogP contribution in [0, 0.1) is 6.92 Å². The first-order valence-electron chi connectivity index (χ1n) is 7.94. The molecule has 0 bridgehead atoms. The quantitative estimate of drug-likeness (QED) is 0.797. The molecule has 26 heavy (non-hydrogen) atoms. The first-order chi connectivity index (χ1) is 12.2. The Morgan fingerprint density at radius 2 is 1.77 bits per heavy atom. The fraction of sp³-hybridized carbons (Fsp3) is 0.353. The number of para-hydroxylation sites is 1. The number of carbonyl (C=O) groups excluding carboxylic acids is 3. The van der Waals surface area contributed by atoms with Gasteiger partial charge in [-0.15, -0.1) is 5.10 Å². The summed E-state index contributed by atoms with van der Waals surface area (Å²) in [5.74, 6) is -1.54. The van der Waals surface area contributed by atoms with E-state index < -0.39 is 30.1 Å². The van der Waals surface area contributed by atoms with E-state index in [1.165, 1.54) is 4.80 Å². The maximum atomic E-state index is 12.1. The molecule has 3 amide bonds. The van der Waals surface area contributed by atoms with Gasteiger partial charge in [-0.3, -0.25) is 10.1 Å². The Labute approximate surface area is 150 Å². The van der Waals surface area contributed by atoms with Crippen molar-refractivity contribution < 1.29 is 19.1 Å². The van der Waals surface area contributed by atoms with Crippen molar-refractivity contribution in [3.05, 3.63) is 41.7 Å². The van der Waals surface area contributed by atoms with Gasteiger partial charge in [0.2, 0.25) is 0 Å². The topological polar surface area (TPSA) is 115 Å². The highest BCUT2D eigenvalue weighted by molar-refractivity contribution is 5.97. The van der Waals surface area contributed by atoms with Crippen LogP contribution in [0.2, 0.25) is 0 Å². The van der Waals surface area contributed by atoms with Gasteiger partial charge in [-0.05, 0) is 39.8 Å². The summed E-state index contributed by atoms with van der Waals surface area (Å²) in [4.78, 5) is 36.7. The standard InChI is InChI=1S/C17H21N5O4/c1-11-14(21-22(20-11)12-8-6-5-7-9-12)15(24)26-10-13(23)18-16(25)19-17(2,3)4/h5-9H,10H2,1-4H3,(H2,18,19,23,25). The summed E-state index contributed by atoms with van der Waals surface area (Å²) < 4.78 is 4.90. The van der Waals surface area contributed by atoms with Crippen molar-refractivity contribution in [1.82, 2.24) is 25.6 Å². The second-order valence-electron chi connectivity index (χ2n) is 6.59. The number of hydrogen-bond acceptors (Lipinski definition) is 6. The molecule has 9 heteroatoms. The van der Waals surface area contributed by atoms with Crippen LogP contribution in [0.3, 0.4) is 0 Å². The van der Waals surface area contributed by atoms with Crippen LogP contribution in [0.25, 0.3) is 5.69 Å². The number of ether oxygens (including phenoxy) is 1. The van der Waals surface area contributed by atoms with Gasteiger partial charge in [0, 0.05) is 5.54 Å². The number of nitrogens with one attached hydrogen (secondary N) is 2. The van der Waals surface area contributed by atoms with E-state index in [0.717, 1.165) is 0 Å². The number of esters is 1. The van der Waals surface area contributed by atoms with E-state index in [1.54, 1.807) is 39.8 Å². The minimum absolute atomic E-state index is 0.000737. The minimum Gasteiger partial charge on any atom is -0.451 e.